The van der Waals surface area contributed by atoms with Gasteiger partial charge in [-0.1, -0.05) is 27.7 Å². The SMILES string of the molecule is CC(C)c1csc2c(C(C)C)c[nH]c12. The van der Waals surface area contributed by atoms with Gasteiger partial charge in [-0.15, -0.1) is 11.3 Å². The van der Waals surface area contributed by atoms with Crippen LogP contribution in [0.25, 0.3) is 10.2 Å². The lowest BCUT2D eigenvalue weighted by molar-refractivity contribution is 0.876. The van der Waals surface area contributed by atoms with Crippen molar-refractivity contribution in [2.45, 2.75) is 39.5 Å². The fourth-order valence-corrected chi connectivity index (χ4v) is 3.16. The van der Waals surface area contributed by atoms with E-state index in [1.54, 1.807) is 0 Å². The quantitative estimate of drug-likeness (QED) is 0.747. The highest BCUT2D eigenvalue weighted by Gasteiger charge is 2.13. The number of aromatic nitrogens is 1. The molecule has 0 aromatic carbocycles. The van der Waals surface area contributed by atoms with Gasteiger partial charge in [-0.05, 0) is 28.3 Å². The summed E-state index contributed by atoms with van der Waals surface area (Å²) in [6, 6.07) is 0. The van der Waals surface area contributed by atoms with Crippen molar-refractivity contribution in [3.63, 3.8) is 0 Å². The van der Waals surface area contributed by atoms with Crippen LogP contribution in [0.5, 0.6) is 0 Å². The highest BCUT2D eigenvalue weighted by atomic mass is 32.1. The highest BCUT2D eigenvalue weighted by Crippen LogP contribution is 2.35. The van der Waals surface area contributed by atoms with E-state index in [1.807, 2.05) is 11.3 Å². The molecule has 0 amide bonds. The van der Waals surface area contributed by atoms with E-state index < -0.39 is 0 Å². The average Bonchev–Trinajstić information content (AvgIpc) is 2.59. The van der Waals surface area contributed by atoms with Gasteiger partial charge in [0.2, 0.25) is 0 Å². The summed E-state index contributed by atoms with van der Waals surface area (Å²) in [5.74, 6) is 1.23. The summed E-state index contributed by atoms with van der Waals surface area (Å²) in [5, 5.41) is 2.29. The molecule has 0 aliphatic heterocycles. The van der Waals surface area contributed by atoms with Crippen LogP contribution in [0.4, 0.5) is 0 Å². The fraction of sp³-hybridized carbons (Fsp3) is 0.500. The number of aromatic amines is 1. The smallest absolute Gasteiger partial charge is 0.0601 e. The topological polar surface area (TPSA) is 15.8 Å². The van der Waals surface area contributed by atoms with Crippen molar-refractivity contribution in [2.75, 3.05) is 0 Å². The third-order valence-corrected chi connectivity index (χ3v) is 3.75. The molecule has 2 heterocycles. The van der Waals surface area contributed by atoms with Gasteiger partial charge in [0.05, 0.1) is 10.2 Å². The van der Waals surface area contributed by atoms with Gasteiger partial charge < -0.3 is 4.98 Å². The van der Waals surface area contributed by atoms with Crippen LogP contribution in [0.2, 0.25) is 0 Å². The lowest BCUT2D eigenvalue weighted by Crippen LogP contribution is -1.83. The van der Waals surface area contributed by atoms with Crippen molar-refractivity contribution < 1.29 is 0 Å². The molecule has 0 bridgehead atoms. The molecule has 0 spiro atoms. The first-order valence-electron chi connectivity index (χ1n) is 5.19. The van der Waals surface area contributed by atoms with Crippen LogP contribution in [0.1, 0.15) is 50.7 Å². The number of fused-ring (bicyclic) bond motifs is 1. The molecule has 14 heavy (non-hydrogen) atoms. The van der Waals surface area contributed by atoms with E-state index in [9.17, 15) is 0 Å². The Morgan fingerprint density at radius 3 is 2.29 bits per heavy atom. The molecule has 1 nitrogen and oxygen atoms in total. The maximum absolute atomic E-state index is 3.41. The van der Waals surface area contributed by atoms with E-state index in [-0.39, 0.29) is 0 Å². The zero-order valence-corrected chi connectivity index (χ0v) is 10.0. The number of thiophene rings is 1. The molecule has 0 fully saturated rings. The second-order valence-corrected chi connectivity index (χ2v) is 5.33. The van der Waals surface area contributed by atoms with Gasteiger partial charge in [-0.25, -0.2) is 0 Å². The Hall–Kier alpha value is -0.760. The lowest BCUT2D eigenvalue weighted by Gasteiger charge is -1.99. The third-order valence-electron chi connectivity index (χ3n) is 2.70. The number of H-pyrrole nitrogens is 1. The predicted molar refractivity (Wildman–Crippen MR) is 64.4 cm³/mol. The van der Waals surface area contributed by atoms with E-state index >= 15 is 0 Å². The summed E-state index contributed by atoms with van der Waals surface area (Å²) < 4.78 is 1.45. The van der Waals surface area contributed by atoms with Gasteiger partial charge in [-0.3, -0.25) is 0 Å². The maximum atomic E-state index is 3.41. The largest absolute Gasteiger partial charge is 0.360 e. The Morgan fingerprint density at radius 2 is 1.71 bits per heavy atom. The minimum atomic E-state index is 0.613. The van der Waals surface area contributed by atoms with Crippen molar-refractivity contribution in [1.82, 2.24) is 4.98 Å². The van der Waals surface area contributed by atoms with Gasteiger partial charge in [0.25, 0.3) is 0 Å². The first-order chi connectivity index (χ1) is 6.61. The van der Waals surface area contributed by atoms with Crippen molar-refractivity contribution in [3.05, 3.63) is 22.7 Å². The third kappa shape index (κ3) is 1.38. The lowest BCUT2D eigenvalue weighted by atomic mass is 10.0. The Balaban J connectivity index is 2.61. The summed E-state index contributed by atoms with van der Waals surface area (Å²) in [6.07, 6.45) is 2.16. The molecule has 0 atom stereocenters. The molecule has 2 heteroatoms. The van der Waals surface area contributed by atoms with Gasteiger partial charge >= 0.3 is 0 Å². The Labute approximate surface area is 89.2 Å². The molecular weight excluding hydrogens is 190 g/mol. The molecule has 0 aliphatic rings. The maximum Gasteiger partial charge on any atom is 0.0601 e. The van der Waals surface area contributed by atoms with E-state index in [2.05, 4.69) is 44.3 Å². The second-order valence-electron chi connectivity index (χ2n) is 4.45. The summed E-state index contributed by atoms with van der Waals surface area (Å²) >= 11 is 1.87. The zero-order valence-electron chi connectivity index (χ0n) is 9.22. The standard InChI is InChI=1S/C12H17NS/c1-7(2)9-5-13-11-10(8(3)4)6-14-12(9)11/h5-8,13H,1-4H3. The Bertz CT molecular complexity index is 392. The molecule has 2 aromatic rings. The first kappa shape index (κ1) is 9.78. The molecule has 0 saturated carbocycles. The number of rotatable bonds is 2. The minimum Gasteiger partial charge on any atom is -0.360 e. The van der Waals surface area contributed by atoms with Crippen molar-refractivity contribution in [3.8, 4) is 0 Å². The zero-order chi connectivity index (χ0) is 10.3. The van der Waals surface area contributed by atoms with Gasteiger partial charge in [0, 0.05) is 6.20 Å². The predicted octanol–water partition coefficient (Wildman–Crippen LogP) is 4.48. The van der Waals surface area contributed by atoms with Crippen molar-refractivity contribution >= 4 is 21.6 Å². The Morgan fingerprint density at radius 1 is 1.07 bits per heavy atom. The number of nitrogens with one attached hydrogen (secondary N) is 1. The second kappa shape index (κ2) is 3.43. The summed E-state index contributed by atoms with van der Waals surface area (Å²) in [4.78, 5) is 3.41. The number of hydrogen-bond acceptors (Lipinski definition) is 1. The monoisotopic (exact) mass is 207 g/mol. The molecule has 76 valence electrons. The van der Waals surface area contributed by atoms with Gasteiger partial charge in [0.15, 0.2) is 0 Å². The molecule has 2 rings (SSSR count). The van der Waals surface area contributed by atoms with Crippen LogP contribution >= 0.6 is 11.3 Å². The van der Waals surface area contributed by atoms with E-state index in [0.29, 0.717) is 11.8 Å². The normalized spacial score (nSPS) is 12.1. The average molecular weight is 207 g/mol. The summed E-state index contributed by atoms with van der Waals surface area (Å²) in [7, 11) is 0. The van der Waals surface area contributed by atoms with Crippen molar-refractivity contribution in [1.29, 1.82) is 0 Å². The van der Waals surface area contributed by atoms with Crippen LogP contribution < -0.4 is 0 Å². The molecule has 2 aromatic heterocycles. The Kier molecular flexibility index (Phi) is 2.40. The van der Waals surface area contributed by atoms with Crippen LogP contribution in [0.3, 0.4) is 0 Å². The van der Waals surface area contributed by atoms with E-state index in [1.165, 1.54) is 21.3 Å². The summed E-state index contributed by atoms with van der Waals surface area (Å²) in [5.41, 5.74) is 4.27. The fourth-order valence-electron chi connectivity index (χ4n) is 1.80. The molecule has 0 aliphatic carbocycles. The van der Waals surface area contributed by atoms with E-state index in [0.717, 1.165) is 0 Å². The molecule has 0 unspecified atom stereocenters. The number of hydrogen-bond donors (Lipinski definition) is 1. The molecular formula is C12H17NS. The van der Waals surface area contributed by atoms with Crippen molar-refractivity contribution in [2.24, 2.45) is 0 Å². The van der Waals surface area contributed by atoms with Crippen LogP contribution in [-0.4, -0.2) is 4.98 Å². The molecule has 0 saturated heterocycles. The first-order valence-corrected chi connectivity index (χ1v) is 6.07. The van der Waals surface area contributed by atoms with Crippen LogP contribution in [0.15, 0.2) is 11.6 Å². The van der Waals surface area contributed by atoms with Crippen LogP contribution in [0, 0.1) is 0 Å². The van der Waals surface area contributed by atoms with Gasteiger partial charge in [0.1, 0.15) is 0 Å². The van der Waals surface area contributed by atoms with Gasteiger partial charge in [-0.2, -0.15) is 0 Å². The minimum absolute atomic E-state index is 0.613. The molecule has 1 N–H and O–H groups in total. The highest BCUT2D eigenvalue weighted by molar-refractivity contribution is 7.17. The van der Waals surface area contributed by atoms with E-state index in [4.69, 9.17) is 0 Å². The molecule has 0 radical (unpaired) electrons. The summed E-state index contributed by atoms with van der Waals surface area (Å²) in [6.45, 7) is 8.99. The van der Waals surface area contributed by atoms with Crippen LogP contribution in [-0.2, 0) is 0 Å².